The van der Waals surface area contributed by atoms with Crippen molar-refractivity contribution in [2.24, 2.45) is 0 Å². The van der Waals surface area contributed by atoms with Crippen LogP contribution in [-0.2, 0) is 27.9 Å². The van der Waals surface area contributed by atoms with Crippen LogP contribution in [0.3, 0.4) is 0 Å². The van der Waals surface area contributed by atoms with Crippen molar-refractivity contribution in [3.63, 3.8) is 0 Å². The Bertz CT molecular complexity index is 1590. The molecule has 4 aromatic rings. The van der Waals surface area contributed by atoms with Gasteiger partial charge in [-0.1, -0.05) is 41.9 Å². The second-order valence-electron chi connectivity index (χ2n) is 8.86. The number of hydrogen-bond acceptors (Lipinski definition) is 7. The first-order valence-electron chi connectivity index (χ1n) is 11.8. The number of rotatable bonds is 9. The molecule has 3 heterocycles. The lowest BCUT2D eigenvalue weighted by Crippen LogP contribution is -2.40. The molecule has 2 atom stereocenters. The van der Waals surface area contributed by atoms with Gasteiger partial charge in [-0.3, -0.25) is 14.2 Å². The van der Waals surface area contributed by atoms with Crippen molar-refractivity contribution < 1.29 is 22.3 Å². The van der Waals surface area contributed by atoms with Crippen LogP contribution in [0.4, 0.5) is 10.2 Å². The van der Waals surface area contributed by atoms with E-state index in [4.69, 9.17) is 16.3 Å². The Labute approximate surface area is 228 Å². The Hall–Kier alpha value is -3.19. The fraction of sp³-hybridized carbons (Fsp3) is 0.280. The van der Waals surface area contributed by atoms with Gasteiger partial charge in [0.15, 0.2) is 5.82 Å². The number of carbonyl (C=O) groups excluding carboxylic acids is 1. The highest BCUT2D eigenvalue weighted by Gasteiger charge is 2.29. The lowest BCUT2D eigenvalue weighted by molar-refractivity contribution is -0.123. The molecule has 5 rings (SSSR count). The summed E-state index contributed by atoms with van der Waals surface area (Å²) in [5.41, 5.74) is 2.44. The van der Waals surface area contributed by atoms with Gasteiger partial charge in [-0.15, -0.1) is 11.3 Å². The van der Waals surface area contributed by atoms with Crippen LogP contribution in [0.1, 0.15) is 17.5 Å². The molecule has 38 heavy (non-hydrogen) atoms. The number of ether oxygens (including phenoxy) is 1. The summed E-state index contributed by atoms with van der Waals surface area (Å²) in [6.07, 6.45) is -0.832. The predicted octanol–water partition coefficient (Wildman–Crippen LogP) is 3.93. The van der Waals surface area contributed by atoms with Crippen molar-refractivity contribution in [3.8, 4) is 5.75 Å². The third-order valence-corrected chi connectivity index (χ3v) is 9.25. The third-order valence-electron chi connectivity index (χ3n) is 6.19. The number of alkyl halides is 1. The van der Waals surface area contributed by atoms with E-state index >= 15 is 0 Å². The summed E-state index contributed by atoms with van der Waals surface area (Å²) < 4.78 is 49.6. The van der Waals surface area contributed by atoms with Crippen LogP contribution in [-0.4, -0.2) is 50.0 Å². The van der Waals surface area contributed by atoms with Gasteiger partial charge in [-0.2, -0.15) is 5.10 Å². The molecule has 2 aromatic carbocycles. The van der Waals surface area contributed by atoms with Crippen molar-refractivity contribution in [2.45, 2.75) is 35.9 Å². The van der Waals surface area contributed by atoms with Crippen LogP contribution >= 0.6 is 22.9 Å². The van der Waals surface area contributed by atoms with E-state index in [1.54, 1.807) is 10.7 Å². The van der Waals surface area contributed by atoms with E-state index < -0.39 is 22.2 Å². The van der Waals surface area contributed by atoms with Gasteiger partial charge in [-0.25, -0.2) is 12.8 Å². The Kier molecular flexibility index (Phi) is 7.57. The highest BCUT2D eigenvalue weighted by molar-refractivity contribution is 7.94. The number of sulfonamides is 1. The monoisotopic (exact) mass is 577 g/mol. The summed E-state index contributed by atoms with van der Waals surface area (Å²) in [6.45, 7) is 0.824. The number of fused-ring (bicyclic) bond motifs is 1. The van der Waals surface area contributed by atoms with Crippen LogP contribution in [0.15, 0.2) is 58.8 Å². The van der Waals surface area contributed by atoms with Crippen LogP contribution in [0.5, 0.6) is 5.75 Å². The number of nitrogens with one attached hydrogen (secondary N) is 3. The quantitative estimate of drug-likeness (QED) is 0.278. The topological polar surface area (TPSA) is 114 Å². The predicted molar refractivity (Wildman–Crippen MR) is 145 cm³/mol. The zero-order valence-corrected chi connectivity index (χ0v) is 22.7. The standard InChI is InChI=1S/C25H25ClFN5O4S2/c1-36-20-7-3-6-19-23(20)24(31-38(34,35)22-9-8-21(26)37-22)30-32(19)14-16-5-2-4-15(10-16)12-29-25(33)18-11-17(27)13-28-18/h2-10,17-18,28H,11-14H2,1H3,(H,29,33)(H,30,31)/t17-,18-/m0/s1. The van der Waals surface area contributed by atoms with Crippen LogP contribution in [0, 0.1) is 0 Å². The van der Waals surface area contributed by atoms with Gasteiger partial charge < -0.3 is 15.4 Å². The maximum absolute atomic E-state index is 13.4. The first-order chi connectivity index (χ1) is 18.2. The van der Waals surface area contributed by atoms with Crippen molar-refractivity contribution in [3.05, 3.63) is 70.1 Å². The molecular weight excluding hydrogens is 553 g/mol. The minimum absolute atomic E-state index is 0.0738. The van der Waals surface area contributed by atoms with Gasteiger partial charge in [-0.05, 0) is 35.4 Å². The van der Waals surface area contributed by atoms with Gasteiger partial charge in [0.25, 0.3) is 10.0 Å². The zero-order chi connectivity index (χ0) is 26.9. The number of benzene rings is 2. The molecule has 0 aliphatic carbocycles. The van der Waals surface area contributed by atoms with E-state index in [0.717, 1.165) is 22.5 Å². The molecule has 0 bridgehead atoms. The van der Waals surface area contributed by atoms with Gasteiger partial charge in [0.1, 0.15) is 16.1 Å². The fourth-order valence-electron chi connectivity index (χ4n) is 4.39. The fourth-order valence-corrected chi connectivity index (χ4v) is 6.89. The van der Waals surface area contributed by atoms with E-state index in [9.17, 15) is 17.6 Å². The zero-order valence-electron chi connectivity index (χ0n) is 20.3. The van der Waals surface area contributed by atoms with Crippen molar-refractivity contribution in [2.75, 3.05) is 18.4 Å². The molecule has 1 saturated heterocycles. The first kappa shape index (κ1) is 26.4. The second-order valence-corrected chi connectivity index (χ2v) is 12.5. The van der Waals surface area contributed by atoms with Crippen LogP contribution in [0.2, 0.25) is 4.34 Å². The molecule has 0 unspecified atom stereocenters. The SMILES string of the molecule is COc1cccc2c1c(NS(=O)(=O)c1ccc(Cl)s1)nn2Cc1cccc(CNC(=O)[C@@H]2C[C@H](F)CN2)c1. The summed E-state index contributed by atoms with van der Waals surface area (Å²) in [6, 6.07) is 15.4. The number of aromatic nitrogens is 2. The average Bonchev–Trinajstić information content (AvgIpc) is 3.62. The average molecular weight is 578 g/mol. The van der Waals surface area contributed by atoms with E-state index in [0.29, 0.717) is 34.1 Å². The Morgan fingerprint density at radius 2 is 2.03 bits per heavy atom. The molecule has 200 valence electrons. The summed E-state index contributed by atoms with van der Waals surface area (Å²) in [7, 11) is -2.41. The lowest BCUT2D eigenvalue weighted by atomic mass is 10.1. The number of carbonyl (C=O) groups is 1. The number of hydrogen-bond donors (Lipinski definition) is 3. The maximum Gasteiger partial charge on any atom is 0.272 e. The van der Waals surface area contributed by atoms with E-state index in [1.165, 1.54) is 19.2 Å². The molecular formula is C25H25ClFN5O4S2. The first-order valence-corrected chi connectivity index (χ1v) is 14.5. The largest absolute Gasteiger partial charge is 0.496 e. The van der Waals surface area contributed by atoms with Crippen molar-refractivity contribution in [1.82, 2.24) is 20.4 Å². The summed E-state index contributed by atoms with van der Waals surface area (Å²) >= 11 is 6.89. The van der Waals surface area contributed by atoms with Crippen LogP contribution in [0.25, 0.3) is 10.9 Å². The van der Waals surface area contributed by atoms with Gasteiger partial charge in [0.05, 0.1) is 34.9 Å². The minimum atomic E-state index is -3.92. The Morgan fingerprint density at radius 1 is 1.24 bits per heavy atom. The molecule has 9 nitrogen and oxygen atoms in total. The summed E-state index contributed by atoms with van der Waals surface area (Å²) in [5, 5.41) is 10.8. The normalized spacial score (nSPS) is 17.6. The molecule has 0 radical (unpaired) electrons. The number of methoxy groups -OCH3 is 1. The Balaban J connectivity index is 1.39. The molecule has 0 spiro atoms. The molecule has 1 aliphatic rings. The van der Waals surface area contributed by atoms with Gasteiger partial charge >= 0.3 is 0 Å². The molecule has 3 N–H and O–H groups in total. The van der Waals surface area contributed by atoms with Gasteiger partial charge in [0, 0.05) is 19.5 Å². The van der Waals surface area contributed by atoms with Crippen molar-refractivity contribution in [1.29, 1.82) is 0 Å². The van der Waals surface area contributed by atoms with E-state index in [2.05, 4.69) is 20.5 Å². The Morgan fingerprint density at radius 3 is 2.74 bits per heavy atom. The molecule has 2 aromatic heterocycles. The molecule has 1 fully saturated rings. The number of nitrogens with zero attached hydrogens (tertiary/aromatic N) is 2. The highest BCUT2D eigenvalue weighted by atomic mass is 35.5. The minimum Gasteiger partial charge on any atom is -0.496 e. The molecule has 13 heteroatoms. The van der Waals surface area contributed by atoms with Crippen LogP contribution < -0.4 is 20.1 Å². The molecule has 1 amide bonds. The third kappa shape index (κ3) is 5.63. The van der Waals surface area contributed by atoms with E-state index in [-0.39, 0.29) is 28.9 Å². The molecule has 0 saturated carbocycles. The number of anilines is 1. The summed E-state index contributed by atoms with van der Waals surface area (Å²) in [4.78, 5) is 12.3. The number of halogens is 2. The van der Waals surface area contributed by atoms with E-state index in [1.807, 2.05) is 36.4 Å². The number of amides is 1. The second kappa shape index (κ2) is 10.9. The molecule has 1 aliphatic heterocycles. The van der Waals surface area contributed by atoms with Gasteiger partial charge in [0.2, 0.25) is 5.91 Å². The number of thiophene rings is 1. The maximum atomic E-state index is 13.4. The smallest absolute Gasteiger partial charge is 0.272 e. The summed E-state index contributed by atoms with van der Waals surface area (Å²) in [5.74, 6) is 0.383. The highest BCUT2D eigenvalue weighted by Crippen LogP contribution is 2.35. The van der Waals surface area contributed by atoms with Crippen molar-refractivity contribution >= 4 is 55.6 Å². The lowest BCUT2D eigenvalue weighted by Gasteiger charge is -2.12.